The second-order valence-electron chi connectivity index (χ2n) is 9.84. The van der Waals surface area contributed by atoms with Gasteiger partial charge in [-0.15, -0.1) is 0 Å². The van der Waals surface area contributed by atoms with E-state index in [1.807, 2.05) is 31.2 Å². The summed E-state index contributed by atoms with van der Waals surface area (Å²) in [4.78, 5) is 55.7. The number of anilines is 2. The van der Waals surface area contributed by atoms with Crippen LogP contribution in [0.15, 0.2) is 87.1 Å². The van der Waals surface area contributed by atoms with Gasteiger partial charge in [-0.3, -0.25) is 23.7 Å². The summed E-state index contributed by atoms with van der Waals surface area (Å²) >= 11 is 5.61. The van der Waals surface area contributed by atoms with E-state index in [-0.39, 0.29) is 29.1 Å². The van der Waals surface area contributed by atoms with Crippen LogP contribution in [0, 0.1) is 12.8 Å². The summed E-state index contributed by atoms with van der Waals surface area (Å²) < 4.78 is 7.57. The standard InChI is InChI=1S/C30H24BrN3O5S2/c1-16-3-9-19(10-4-16)32-22(35)15-33-29-26(41-30(33)38)23(17-5-13-21(39-2)14-6-17)24-25(40-29)28(37)34(27(24)36)20-11-7-18(31)8-12-20/h3-14,23-25H,15H2,1-2H3,(H,32,35)/t23-,24+,25-/m0/s1. The van der Waals surface area contributed by atoms with Crippen LogP contribution in [0.5, 0.6) is 5.75 Å². The molecule has 11 heteroatoms. The molecule has 1 saturated heterocycles. The summed E-state index contributed by atoms with van der Waals surface area (Å²) in [5.41, 5.74) is 2.97. The number of nitrogens with zero attached hydrogens (tertiary/aromatic N) is 2. The first-order chi connectivity index (χ1) is 19.7. The number of hydrogen-bond acceptors (Lipinski definition) is 7. The maximum absolute atomic E-state index is 14.0. The predicted octanol–water partition coefficient (Wildman–Crippen LogP) is 5.42. The van der Waals surface area contributed by atoms with Gasteiger partial charge in [0.1, 0.15) is 17.5 Å². The molecule has 8 nitrogen and oxygen atoms in total. The third kappa shape index (κ3) is 5.02. The van der Waals surface area contributed by atoms with Crippen molar-refractivity contribution in [1.29, 1.82) is 0 Å². The molecule has 1 N–H and O–H groups in total. The fourth-order valence-corrected chi connectivity index (χ4v) is 8.29. The quantitative estimate of drug-likeness (QED) is 0.280. The fourth-order valence-electron chi connectivity index (χ4n) is 5.25. The number of thiazole rings is 1. The molecule has 4 aromatic rings. The van der Waals surface area contributed by atoms with Gasteiger partial charge in [0.05, 0.1) is 23.7 Å². The number of imide groups is 1. The largest absolute Gasteiger partial charge is 0.497 e. The normalized spacial score (nSPS) is 19.6. The molecule has 0 unspecified atom stereocenters. The molecule has 0 aliphatic carbocycles. The van der Waals surface area contributed by atoms with Gasteiger partial charge in [-0.05, 0) is 61.0 Å². The Morgan fingerprint density at radius 2 is 1.63 bits per heavy atom. The van der Waals surface area contributed by atoms with Crippen LogP contribution in [0.25, 0.3) is 0 Å². The molecule has 0 saturated carbocycles. The van der Waals surface area contributed by atoms with E-state index in [4.69, 9.17) is 4.74 Å². The predicted molar refractivity (Wildman–Crippen MR) is 163 cm³/mol. The molecule has 1 fully saturated rings. The van der Waals surface area contributed by atoms with Gasteiger partial charge in [0.15, 0.2) is 0 Å². The van der Waals surface area contributed by atoms with Gasteiger partial charge in [-0.2, -0.15) is 0 Å². The number of hydrogen-bond donors (Lipinski definition) is 1. The first kappa shape index (κ1) is 27.5. The Balaban J connectivity index is 1.40. The highest BCUT2D eigenvalue weighted by molar-refractivity contribution is 9.10. The minimum Gasteiger partial charge on any atom is -0.497 e. The van der Waals surface area contributed by atoms with E-state index in [9.17, 15) is 19.2 Å². The SMILES string of the molecule is COc1ccc([C@@H]2c3sc(=O)n(CC(=O)Nc4ccc(C)cc4)c3S[C@@H]3C(=O)N(c4ccc(Br)cc4)C(=O)[C@H]23)cc1. The molecular formula is C30H24BrN3O5S2. The number of methoxy groups -OCH3 is 1. The molecule has 3 atom stereocenters. The zero-order valence-corrected chi connectivity index (χ0v) is 25.2. The van der Waals surface area contributed by atoms with Crippen molar-refractivity contribution in [2.45, 2.75) is 29.7 Å². The lowest BCUT2D eigenvalue weighted by molar-refractivity contribution is -0.122. The average molecular weight is 651 g/mol. The van der Waals surface area contributed by atoms with Crippen molar-refractivity contribution in [2.24, 2.45) is 5.92 Å². The average Bonchev–Trinajstić information content (AvgIpc) is 3.41. The number of halogens is 1. The number of thioether (sulfide) groups is 1. The van der Waals surface area contributed by atoms with Gasteiger partial charge in [0.2, 0.25) is 17.7 Å². The number of carbonyl (C=O) groups excluding carboxylic acids is 3. The number of ether oxygens (including phenoxy) is 1. The number of aryl methyl sites for hydroxylation is 1. The van der Waals surface area contributed by atoms with E-state index < -0.39 is 17.1 Å². The Bertz CT molecular complexity index is 1720. The summed E-state index contributed by atoms with van der Waals surface area (Å²) in [5.74, 6) is -1.62. The third-order valence-electron chi connectivity index (χ3n) is 7.25. The van der Waals surface area contributed by atoms with Crippen molar-refractivity contribution >= 4 is 68.1 Å². The second-order valence-corrected chi connectivity index (χ2v) is 12.9. The van der Waals surface area contributed by atoms with Crippen LogP contribution >= 0.6 is 39.0 Å². The number of aromatic nitrogens is 1. The molecular weight excluding hydrogens is 626 g/mol. The van der Waals surface area contributed by atoms with E-state index in [0.717, 1.165) is 26.9 Å². The first-order valence-corrected chi connectivity index (χ1v) is 15.3. The molecule has 0 bridgehead atoms. The molecule has 2 aliphatic heterocycles. The summed E-state index contributed by atoms with van der Waals surface area (Å²) in [6.07, 6.45) is 0. The molecule has 6 rings (SSSR count). The van der Waals surface area contributed by atoms with Crippen molar-refractivity contribution in [2.75, 3.05) is 17.3 Å². The van der Waals surface area contributed by atoms with Gasteiger partial charge >= 0.3 is 4.87 Å². The monoisotopic (exact) mass is 649 g/mol. The first-order valence-electron chi connectivity index (χ1n) is 12.8. The molecule has 0 spiro atoms. The van der Waals surface area contributed by atoms with E-state index in [1.54, 1.807) is 55.6 Å². The number of benzene rings is 3. The van der Waals surface area contributed by atoms with Crippen LogP contribution in [-0.4, -0.2) is 34.6 Å². The number of amides is 3. The highest BCUT2D eigenvalue weighted by atomic mass is 79.9. The topological polar surface area (TPSA) is 97.7 Å². The number of fused-ring (bicyclic) bond motifs is 2. The lowest BCUT2D eigenvalue weighted by Crippen LogP contribution is -2.33. The minimum atomic E-state index is -0.758. The Hall–Kier alpha value is -3.67. The Labute approximate surface area is 252 Å². The number of nitrogens with one attached hydrogen (secondary N) is 1. The maximum atomic E-state index is 14.0. The van der Waals surface area contributed by atoms with Crippen molar-refractivity contribution in [1.82, 2.24) is 4.57 Å². The molecule has 3 aromatic carbocycles. The molecule has 3 heterocycles. The lowest BCUT2D eigenvalue weighted by Gasteiger charge is -2.30. The Morgan fingerprint density at radius 3 is 2.29 bits per heavy atom. The Morgan fingerprint density at radius 1 is 0.951 bits per heavy atom. The van der Waals surface area contributed by atoms with Crippen LogP contribution in [0.3, 0.4) is 0 Å². The van der Waals surface area contributed by atoms with Crippen LogP contribution in [0.1, 0.15) is 21.9 Å². The van der Waals surface area contributed by atoms with Crippen molar-refractivity contribution in [3.05, 3.63) is 103 Å². The summed E-state index contributed by atoms with van der Waals surface area (Å²) in [7, 11) is 1.57. The zero-order chi connectivity index (χ0) is 28.8. The summed E-state index contributed by atoms with van der Waals surface area (Å²) in [5, 5.41) is 2.63. The van der Waals surface area contributed by atoms with E-state index >= 15 is 0 Å². The molecule has 0 radical (unpaired) electrons. The number of rotatable bonds is 6. The van der Waals surface area contributed by atoms with Gasteiger partial charge < -0.3 is 10.1 Å². The molecule has 41 heavy (non-hydrogen) atoms. The van der Waals surface area contributed by atoms with Crippen LogP contribution in [0.2, 0.25) is 0 Å². The van der Waals surface area contributed by atoms with Crippen molar-refractivity contribution in [3.63, 3.8) is 0 Å². The highest BCUT2D eigenvalue weighted by Crippen LogP contribution is 2.54. The zero-order valence-electron chi connectivity index (χ0n) is 22.0. The fraction of sp³-hybridized carbons (Fsp3) is 0.200. The van der Waals surface area contributed by atoms with Crippen molar-refractivity contribution < 1.29 is 19.1 Å². The third-order valence-corrected chi connectivity index (χ3v) is 10.4. The van der Waals surface area contributed by atoms with Gasteiger partial charge in [-0.1, -0.05) is 68.9 Å². The lowest BCUT2D eigenvalue weighted by atomic mass is 9.83. The van der Waals surface area contributed by atoms with Crippen LogP contribution < -0.4 is 19.8 Å². The maximum Gasteiger partial charge on any atom is 0.308 e. The second kappa shape index (κ2) is 11.0. The van der Waals surface area contributed by atoms with E-state index in [1.165, 1.54) is 21.2 Å². The molecule has 2 aliphatic rings. The minimum absolute atomic E-state index is 0.211. The molecule has 208 valence electrons. The summed E-state index contributed by atoms with van der Waals surface area (Å²) in [6.45, 7) is 1.75. The van der Waals surface area contributed by atoms with Crippen LogP contribution in [0.4, 0.5) is 11.4 Å². The van der Waals surface area contributed by atoms with Gasteiger partial charge in [-0.25, -0.2) is 4.90 Å². The van der Waals surface area contributed by atoms with E-state index in [0.29, 0.717) is 27.0 Å². The highest BCUT2D eigenvalue weighted by Gasteiger charge is 2.56. The van der Waals surface area contributed by atoms with E-state index in [2.05, 4.69) is 21.2 Å². The smallest absolute Gasteiger partial charge is 0.308 e. The molecule has 1 aromatic heterocycles. The van der Waals surface area contributed by atoms with Gasteiger partial charge in [0, 0.05) is 21.0 Å². The molecule has 3 amide bonds. The van der Waals surface area contributed by atoms with Crippen molar-refractivity contribution in [3.8, 4) is 5.75 Å². The Kier molecular flexibility index (Phi) is 7.35. The van der Waals surface area contributed by atoms with Gasteiger partial charge in [0.25, 0.3) is 0 Å². The van der Waals surface area contributed by atoms with Crippen LogP contribution in [-0.2, 0) is 20.9 Å². The number of carbonyl (C=O) groups is 3. The summed E-state index contributed by atoms with van der Waals surface area (Å²) in [6, 6.07) is 21.7.